The van der Waals surface area contributed by atoms with Crippen molar-refractivity contribution >= 4 is 27.5 Å². The summed E-state index contributed by atoms with van der Waals surface area (Å²) in [5.74, 6) is 0.00879. The van der Waals surface area contributed by atoms with Crippen molar-refractivity contribution in [3.05, 3.63) is 35.4 Å². The minimum absolute atomic E-state index is 0.252. The van der Waals surface area contributed by atoms with E-state index in [-0.39, 0.29) is 6.04 Å². The average Bonchev–Trinajstić information content (AvgIpc) is 3.35. The topological polar surface area (TPSA) is 69.3 Å². The van der Waals surface area contributed by atoms with Gasteiger partial charge in [0.25, 0.3) is 0 Å². The molecule has 0 aromatic heterocycles. The Hall–Kier alpha value is -3.40. The monoisotopic (exact) mass is 504 g/mol. The molecule has 0 spiro atoms. The highest BCUT2D eigenvalue weighted by atomic mass is 19.4. The molecule has 7 nitrogen and oxygen atoms in total. The molecule has 1 fully saturated rings. The van der Waals surface area contributed by atoms with Crippen LogP contribution in [0.1, 0.15) is 30.0 Å². The Kier molecular flexibility index (Phi) is 6.02. The maximum atomic E-state index is 13.4. The second-order valence-electron chi connectivity index (χ2n) is 9.03. The largest absolute Gasteiger partial charge is 0.493 e. The van der Waals surface area contributed by atoms with Gasteiger partial charge in [-0.25, -0.2) is 0 Å². The SMILES string of the molecule is COc1cc2c3c(c4cc(OC)c(OC)cc4c2cc1OC)[C@H](NC(=O)C(F)(F)F)[C@@H]1CCCN1C3. The molecule has 0 radical (unpaired) electrons. The summed E-state index contributed by atoms with van der Waals surface area (Å²) >= 11 is 0. The molecule has 2 aliphatic heterocycles. The van der Waals surface area contributed by atoms with Crippen molar-refractivity contribution in [2.75, 3.05) is 35.0 Å². The van der Waals surface area contributed by atoms with E-state index < -0.39 is 18.1 Å². The quantitative estimate of drug-likeness (QED) is 0.507. The van der Waals surface area contributed by atoms with Gasteiger partial charge in [-0.05, 0) is 76.3 Å². The number of fused-ring (bicyclic) bond motifs is 7. The van der Waals surface area contributed by atoms with Crippen molar-refractivity contribution in [3.8, 4) is 23.0 Å². The van der Waals surface area contributed by atoms with Crippen molar-refractivity contribution in [1.29, 1.82) is 0 Å². The van der Waals surface area contributed by atoms with Crippen molar-refractivity contribution in [2.24, 2.45) is 0 Å². The summed E-state index contributed by atoms with van der Waals surface area (Å²) in [4.78, 5) is 14.3. The maximum Gasteiger partial charge on any atom is 0.471 e. The number of carbonyl (C=O) groups excluding carboxylic acids is 1. The molecule has 0 bridgehead atoms. The van der Waals surface area contributed by atoms with Crippen molar-refractivity contribution in [3.63, 3.8) is 0 Å². The van der Waals surface area contributed by atoms with Crippen LogP contribution in [0.4, 0.5) is 13.2 Å². The van der Waals surface area contributed by atoms with Crippen LogP contribution in [0.3, 0.4) is 0 Å². The van der Waals surface area contributed by atoms with E-state index in [9.17, 15) is 18.0 Å². The Morgan fingerprint density at radius 1 is 0.861 bits per heavy atom. The van der Waals surface area contributed by atoms with Crippen LogP contribution < -0.4 is 24.3 Å². The lowest BCUT2D eigenvalue weighted by Crippen LogP contribution is -2.49. The van der Waals surface area contributed by atoms with Crippen LogP contribution in [0.5, 0.6) is 23.0 Å². The van der Waals surface area contributed by atoms with Crippen LogP contribution in [0, 0.1) is 0 Å². The summed E-state index contributed by atoms with van der Waals surface area (Å²) < 4.78 is 62.4. The predicted octanol–water partition coefficient (Wildman–Crippen LogP) is 4.73. The highest BCUT2D eigenvalue weighted by molar-refractivity contribution is 6.13. The normalized spacial score (nSPS) is 19.6. The van der Waals surface area contributed by atoms with Gasteiger partial charge in [0.15, 0.2) is 23.0 Å². The molecule has 36 heavy (non-hydrogen) atoms. The Balaban J connectivity index is 1.89. The molecule has 0 aliphatic carbocycles. The number of nitrogens with one attached hydrogen (secondary N) is 1. The van der Waals surface area contributed by atoms with Crippen LogP contribution in [0.25, 0.3) is 21.5 Å². The zero-order chi connectivity index (χ0) is 25.8. The number of nitrogens with zero attached hydrogens (tertiary/aromatic N) is 1. The van der Waals surface area contributed by atoms with Gasteiger partial charge in [-0.1, -0.05) is 0 Å². The molecule has 10 heteroatoms. The van der Waals surface area contributed by atoms with Gasteiger partial charge < -0.3 is 24.3 Å². The van der Waals surface area contributed by atoms with E-state index in [1.165, 1.54) is 21.3 Å². The molecular formula is C26H27F3N2O5. The van der Waals surface area contributed by atoms with Crippen LogP contribution in [0.15, 0.2) is 24.3 Å². The third-order valence-corrected chi connectivity index (χ3v) is 7.29. The minimum atomic E-state index is -4.99. The zero-order valence-corrected chi connectivity index (χ0v) is 20.4. The standard InChI is InChI=1S/C26H27F3N2O5/c1-33-19-8-13-14-9-20(34-2)22(36-4)11-16(14)23-17(15(13)10-21(19)35-3)12-31-7-5-6-18(31)24(23)30-25(32)26(27,28)29/h8-11,18,24H,5-7,12H2,1-4H3,(H,30,32)/t18-,24+/m0/s1. The molecule has 1 N–H and O–H groups in total. The van der Waals surface area contributed by atoms with E-state index in [1.54, 1.807) is 13.2 Å². The minimum Gasteiger partial charge on any atom is -0.493 e. The molecule has 1 amide bonds. The molecule has 3 aromatic carbocycles. The fourth-order valence-corrected chi connectivity index (χ4v) is 5.72. The Morgan fingerprint density at radius 2 is 1.36 bits per heavy atom. The van der Waals surface area contributed by atoms with Crippen LogP contribution >= 0.6 is 0 Å². The number of alkyl halides is 3. The predicted molar refractivity (Wildman–Crippen MR) is 128 cm³/mol. The lowest BCUT2D eigenvalue weighted by atomic mass is 9.81. The van der Waals surface area contributed by atoms with Crippen LogP contribution in [-0.4, -0.2) is 58.0 Å². The first-order chi connectivity index (χ1) is 17.2. The zero-order valence-electron chi connectivity index (χ0n) is 20.4. The summed E-state index contributed by atoms with van der Waals surface area (Å²) in [7, 11) is 6.11. The van der Waals surface area contributed by atoms with Crippen LogP contribution in [-0.2, 0) is 11.3 Å². The number of halogens is 3. The van der Waals surface area contributed by atoms with Crippen molar-refractivity contribution in [1.82, 2.24) is 10.2 Å². The van der Waals surface area contributed by atoms with Gasteiger partial charge >= 0.3 is 12.1 Å². The van der Waals surface area contributed by atoms with Gasteiger partial charge in [0.05, 0.1) is 34.5 Å². The second-order valence-corrected chi connectivity index (χ2v) is 9.03. The number of amides is 1. The van der Waals surface area contributed by atoms with Crippen molar-refractivity contribution < 1.29 is 36.9 Å². The average molecular weight is 505 g/mol. The van der Waals surface area contributed by atoms with E-state index in [4.69, 9.17) is 18.9 Å². The molecule has 5 rings (SSSR count). The lowest BCUT2D eigenvalue weighted by Gasteiger charge is -2.40. The second kappa shape index (κ2) is 8.92. The van der Waals surface area contributed by atoms with E-state index in [0.29, 0.717) is 46.9 Å². The number of benzene rings is 3. The first-order valence-electron chi connectivity index (χ1n) is 11.6. The maximum absolute atomic E-state index is 13.4. The molecule has 2 aliphatic rings. The molecule has 2 heterocycles. The van der Waals surface area contributed by atoms with Gasteiger partial charge in [-0.2, -0.15) is 13.2 Å². The van der Waals surface area contributed by atoms with E-state index in [0.717, 1.165) is 34.7 Å². The molecule has 2 atom stereocenters. The molecule has 1 saturated heterocycles. The third-order valence-electron chi connectivity index (χ3n) is 7.29. The molecule has 0 saturated carbocycles. The fraction of sp³-hybridized carbons (Fsp3) is 0.423. The molecule has 192 valence electrons. The number of ether oxygens (including phenoxy) is 4. The number of hydrogen-bond donors (Lipinski definition) is 1. The number of carbonyl (C=O) groups is 1. The Morgan fingerprint density at radius 3 is 1.89 bits per heavy atom. The summed E-state index contributed by atoms with van der Waals surface area (Å²) in [6.45, 7) is 1.27. The van der Waals surface area contributed by atoms with Crippen LogP contribution in [0.2, 0.25) is 0 Å². The summed E-state index contributed by atoms with van der Waals surface area (Å²) in [5.41, 5.74) is 1.50. The van der Waals surface area contributed by atoms with Gasteiger partial charge in [-0.3, -0.25) is 9.69 Å². The number of rotatable bonds is 5. The smallest absolute Gasteiger partial charge is 0.471 e. The Bertz CT molecular complexity index is 1360. The van der Waals surface area contributed by atoms with Gasteiger partial charge in [-0.15, -0.1) is 0 Å². The highest BCUT2D eigenvalue weighted by Crippen LogP contribution is 2.49. The first kappa shape index (κ1) is 24.3. The number of hydrogen-bond acceptors (Lipinski definition) is 6. The molecule has 0 unspecified atom stereocenters. The molecular weight excluding hydrogens is 477 g/mol. The van der Waals surface area contributed by atoms with Gasteiger partial charge in [0, 0.05) is 12.6 Å². The molecule has 3 aromatic rings. The number of methoxy groups -OCH3 is 4. The highest BCUT2D eigenvalue weighted by Gasteiger charge is 2.46. The summed E-state index contributed by atoms with van der Waals surface area (Å²) in [6.07, 6.45) is -3.48. The van der Waals surface area contributed by atoms with Gasteiger partial charge in [0.2, 0.25) is 0 Å². The fourth-order valence-electron chi connectivity index (χ4n) is 5.72. The third kappa shape index (κ3) is 3.75. The van der Waals surface area contributed by atoms with E-state index in [2.05, 4.69) is 10.2 Å². The first-order valence-corrected chi connectivity index (χ1v) is 11.6. The Labute approximate surface area is 206 Å². The van der Waals surface area contributed by atoms with Gasteiger partial charge in [0.1, 0.15) is 0 Å². The van der Waals surface area contributed by atoms with E-state index >= 15 is 0 Å². The van der Waals surface area contributed by atoms with E-state index in [1.807, 2.05) is 18.2 Å². The summed E-state index contributed by atoms with van der Waals surface area (Å²) in [6, 6.07) is 6.19. The lowest BCUT2D eigenvalue weighted by molar-refractivity contribution is -0.175. The summed E-state index contributed by atoms with van der Waals surface area (Å²) in [5, 5.41) is 5.43. The van der Waals surface area contributed by atoms with Crippen molar-refractivity contribution in [2.45, 2.75) is 37.6 Å².